The van der Waals surface area contributed by atoms with Gasteiger partial charge in [0.25, 0.3) is 0 Å². The summed E-state index contributed by atoms with van der Waals surface area (Å²) in [5.41, 5.74) is 6.98. The topological polar surface area (TPSA) is 13.1 Å². The van der Waals surface area contributed by atoms with Crippen molar-refractivity contribution in [3.8, 4) is 22.8 Å². The summed E-state index contributed by atoms with van der Waals surface area (Å²) in [6.45, 7) is 14.1. The van der Waals surface area contributed by atoms with Crippen molar-refractivity contribution in [2.45, 2.75) is 78.6 Å². The molecule has 0 saturated heterocycles. The van der Waals surface area contributed by atoms with E-state index in [2.05, 4.69) is 114 Å². The van der Waals surface area contributed by atoms with Crippen LogP contribution in [0.3, 0.4) is 0 Å². The van der Waals surface area contributed by atoms with Gasteiger partial charge in [-0.2, -0.15) is 0 Å². The zero-order valence-electron chi connectivity index (χ0n) is 24.5. The maximum atomic E-state index is 7.12. The Bertz CT molecular complexity index is 1810. The Labute approximate surface area is 232 Å². The highest BCUT2D eigenvalue weighted by Crippen LogP contribution is 2.55. The number of fused-ring (bicyclic) bond motifs is 5. The SMILES string of the molecule is Cc1c2c(c(C(C)(C)C)c3ccccc13)Oc1cc3c(C4CCC(C)(C)CC4)cccc3c3cc[n+](C)c-2c13. The van der Waals surface area contributed by atoms with Crippen LogP contribution in [0.25, 0.3) is 43.6 Å². The summed E-state index contributed by atoms with van der Waals surface area (Å²) in [7, 11) is 2.18. The van der Waals surface area contributed by atoms with Gasteiger partial charge in [-0.15, -0.1) is 0 Å². The Morgan fingerprint density at radius 2 is 1.54 bits per heavy atom. The summed E-state index contributed by atoms with van der Waals surface area (Å²) in [5, 5.41) is 7.85. The molecule has 7 rings (SSSR count). The fraction of sp³-hybridized carbons (Fsp3) is 0.378. The maximum Gasteiger partial charge on any atom is 0.228 e. The number of hydrogen-bond acceptors (Lipinski definition) is 1. The minimum absolute atomic E-state index is 0.0712. The number of rotatable bonds is 1. The molecule has 0 atom stereocenters. The van der Waals surface area contributed by atoms with Crippen LogP contribution >= 0.6 is 0 Å². The molecule has 2 aliphatic rings. The fourth-order valence-corrected chi connectivity index (χ4v) is 7.57. The van der Waals surface area contributed by atoms with E-state index in [1.54, 1.807) is 0 Å². The van der Waals surface area contributed by atoms with Gasteiger partial charge >= 0.3 is 0 Å². The van der Waals surface area contributed by atoms with Crippen LogP contribution in [0.4, 0.5) is 0 Å². The van der Waals surface area contributed by atoms with Gasteiger partial charge in [-0.3, -0.25) is 0 Å². The highest BCUT2D eigenvalue weighted by atomic mass is 16.5. The van der Waals surface area contributed by atoms with Crippen molar-refractivity contribution in [1.82, 2.24) is 0 Å². The summed E-state index contributed by atoms with van der Waals surface area (Å²) in [6, 6.07) is 20.5. The molecule has 0 unspecified atom stereocenters. The van der Waals surface area contributed by atoms with Crippen LogP contribution in [0.2, 0.25) is 0 Å². The summed E-state index contributed by atoms with van der Waals surface area (Å²) in [4.78, 5) is 0. The highest BCUT2D eigenvalue weighted by Gasteiger charge is 2.37. The summed E-state index contributed by atoms with van der Waals surface area (Å²) in [6.07, 6.45) is 7.35. The Kier molecular flexibility index (Phi) is 5.25. The van der Waals surface area contributed by atoms with Gasteiger partial charge in [-0.1, -0.05) is 77.1 Å². The van der Waals surface area contributed by atoms with Crippen molar-refractivity contribution in [3.05, 3.63) is 77.5 Å². The smallest absolute Gasteiger partial charge is 0.228 e. The van der Waals surface area contributed by atoms with Crippen LogP contribution in [0.1, 0.15) is 82.9 Å². The molecule has 0 N–H and O–H groups in total. The standard InChI is InChI=1S/C37H40NO/c1-22-24-11-8-9-12-28(24)33(36(2,3)4)35-31(22)34-32-27(17-20-38(34)7)26-14-10-13-25(29(26)21-30(32)39-35)23-15-18-37(5,6)19-16-23/h8-14,17,20-21,23H,15-16,18-19H2,1-7H3/q+1. The van der Waals surface area contributed by atoms with E-state index in [4.69, 9.17) is 4.74 Å². The van der Waals surface area contributed by atoms with E-state index < -0.39 is 0 Å². The van der Waals surface area contributed by atoms with Gasteiger partial charge in [0.15, 0.2) is 6.20 Å². The van der Waals surface area contributed by atoms with Gasteiger partial charge in [-0.05, 0) is 88.1 Å². The minimum atomic E-state index is -0.0712. The lowest BCUT2D eigenvalue weighted by Gasteiger charge is -2.35. The first-order valence-electron chi connectivity index (χ1n) is 14.7. The number of aryl methyl sites for hydroxylation is 2. The zero-order valence-corrected chi connectivity index (χ0v) is 24.5. The molecule has 2 heteroatoms. The highest BCUT2D eigenvalue weighted by molar-refractivity contribution is 6.17. The monoisotopic (exact) mass is 514 g/mol. The van der Waals surface area contributed by atoms with Gasteiger partial charge in [-0.25, -0.2) is 4.57 Å². The largest absolute Gasteiger partial charge is 0.455 e. The van der Waals surface area contributed by atoms with E-state index in [0.717, 1.165) is 11.5 Å². The molecule has 1 aromatic heterocycles. The maximum absolute atomic E-state index is 7.12. The molecule has 2 heterocycles. The summed E-state index contributed by atoms with van der Waals surface area (Å²) >= 11 is 0. The second kappa shape index (κ2) is 8.31. The molecule has 198 valence electrons. The minimum Gasteiger partial charge on any atom is -0.455 e. The third-order valence-corrected chi connectivity index (χ3v) is 9.68. The van der Waals surface area contributed by atoms with Crippen LogP contribution in [-0.2, 0) is 12.5 Å². The molecule has 0 radical (unpaired) electrons. The molecule has 1 fully saturated rings. The lowest BCUT2D eigenvalue weighted by molar-refractivity contribution is -0.659. The van der Waals surface area contributed by atoms with Gasteiger partial charge < -0.3 is 4.74 Å². The molecule has 1 saturated carbocycles. The van der Waals surface area contributed by atoms with Gasteiger partial charge in [0.05, 0.1) is 10.9 Å². The molecular weight excluding hydrogens is 474 g/mol. The molecule has 2 nitrogen and oxygen atoms in total. The van der Waals surface area contributed by atoms with E-state index in [1.807, 2.05) is 0 Å². The average molecular weight is 515 g/mol. The van der Waals surface area contributed by atoms with Crippen LogP contribution in [0.5, 0.6) is 11.5 Å². The Morgan fingerprint density at radius 1 is 0.846 bits per heavy atom. The van der Waals surface area contributed by atoms with Crippen LogP contribution < -0.4 is 9.30 Å². The Morgan fingerprint density at radius 3 is 2.26 bits per heavy atom. The molecule has 4 aromatic carbocycles. The van der Waals surface area contributed by atoms with Gasteiger partial charge in [0, 0.05) is 17.0 Å². The third kappa shape index (κ3) is 3.64. The van der Waals surface area contributed by atoms with E-state index in [0.29, 0.717) is 11.3 Å². The predicted octanol–water partition coefficient (Wildman–Crippen LogP) is 10.0. The number of hydrogen-bond donors (Lipinski definition) is 0. The molecule has 39 heavy (non-hydrogen) atoms. The quantitative estimate of drug-likeness (QED) is 0.157. The van der Waals surface area contributed by atoms with Crippen molar-refractivity contribution in [3.63, 3.8) is 0 Å². The van der Waals surface area contributed by atoms with Crippen molar-refractivity contribution < 1.29 is 9.30 Å². The molecule has 0 amide bonds. The average Bonchev–Trinajstić information content (AvgIpc) is 2.89. The van der Waals surface area contributed by atoms with Crippen molar-refractivity contribution in [2.75, 3.05) is 0 Å². The van der Waals surface area contributed by atoms with E-state index in [1.165, 1.54) is 85.9 Å². The van der Waals surface area contributed by atoms with E-state index >= 15 is 0 Å². The van der Waals surface area contributed by atoms with Crippen molar-refractivity contribution >= 4 is 32.3 Å². The number of nitrogens with zero attached hydrogens (tertiary/aromatic N) is 1. The second-order valence-corrected chi connectivity index (χ2v) is 13.9. The lowest BCUT2D eigenvalue weighted by atomic mass is 9.70. The number of ether oxygens (including phenoxy) is 1. The summed E-state index contributed by atoms with van der Waals surface area (Å²) in [5.74, 6) is 2.64. The number of benzene rings is 4. The third-order valence-electron chi connectivity index (χ3n) is 9.68. The van der Waals surface area contributed by atoms with E-state index in [9.17, 15) is 0 Å². The van der Waals surface area contributed by atoms with Crippen LogP contribution in [0, 0.1) is 12.3 Å². The fourth-order valence-electron chi connectivity index (χ4n) is 7.57. The molecule has 5 aromatic rings. The first-order chi connectivity index (χ1) is 18.5. The molecule has 0 spiro atoms. The Hall–Kier alpha value is -3.39. The van der Waals surface area contributed by atoms with Crippen molar-refractivity contribution in [2.24, 2.45) is 12.5 Å². The molecule has 0 bridgehead atoms. The zero-order chi connectivity index (χ0) is 27.3. The first-order valence-corrected chi connectivity index (χ1v) is 14.7. The predicted molar refractivity (Wildman–Crippen MR) is 164 cm³/mol. The molecule has 1 aliphatic heterocycles. The van der Waals surface area contributed by atoms with Crippen LogP contribution in [0.15, 0.2) is 60.8 Å². The lowest BCUT2D eigenvalue weighted by Crippen LogP contribution is -2.32. The van der Waals surface area contributed by atoms with Gasteiger partial charge in [0.1, 0.15) is 18.5 Å². The summed E-state index contributed by atoms with van der Waals surface area (Å²) < 4.78 is 9.43. The first kappa shape index (κ1) is 24.6. The Balaban J connectivity index is 1.56. The molecule has 1 aliphatic carbocycles. The van der Waals surface area contributed by atoms with Crippen molar-refractivity contribution in [1.29, 1.82) is 0 Å². The normalized spacial score (nSPS) is 17.0. The molecular formula is C37H40NO+. The van der Waals surface area contributed by atoms with Gasteiger partial charge in [0.2, 0.25) is 5.69 Å². The number of pyridine rings is 1. The van der Waals surface area contributed by atoms with E-state index in [-0.39, 0.29) is 5.41 Å². The van der Waals surface area contributed by atoms with Crippen LogP contribution in [-0.4, -0.2) is 0 Å². The second-order valence-electron chi connectivity index (χ2n) is 13.9. The number of aromatic nitrogens is 1.